The van der Waals surface area contributed by atoms with Gasteiger partial charge in [-0.05, 0) is 69.5 Å². The number of ether oxygens (including phenoxy) is 1. The number of sulfonamides is 1. The maximum Gasteiger partial charge on any atom is 0.251 e. The molecule has 0 saturated heterocycles. The molecule has 5 aromatic carbocycles. The number of amides is 1. The van der Waals surface area contributed by atoms with Gasteiger partial charge in [-0.1, -0.05) is 72.8 Å². The smallest absolute Gasteiger partial charge is 0.251 e. The zero-order chi connectivity index (χ0) is 33.0. The number of Topliss-reactive ketones (excluding diaryl/α,β-unsaturated/α-hetero) is 1. The molecule has 1 amide bonds. The van der Waals surface area contributed by atoms with Crippen molar-refractivity contribution in [2.45, 2.75) is 13.0 Å². The first-order valence-electron chi connectivity index (χ1n) is 14.9. The minimum atomic E-state index is -3.68. The molecule has 0 unspecified atom stereocenters. The summed E-state index contributed by atoms with van der Waals surface area (Å²) >= 11 is 5.17. The lowest BCUT2D eigenvalue weighted by molar-refractivity contribution is 0.0903. The Balaban J connectivity index is 1.10. The number of fused-ring (bicyclic) bond motifs is 3. The van der Waals surface area contributed by atoms with Gasteiger partial charge in [-0.25, -0.2) is 8.42 Å². The van der Waals surface area contributed by atoms with Crippen LogP contribution in [0.15, 0.2) is 120 Å². The highest BCUT2D eigenvalue weighted by Gasteiger charge is 2.22. The molecule has 0 atom stereocenters. The number of hydrogen-bond acceptors (Lipinski definition) is 6. The maximum absolute atomic E-state index is 13.2. The van der Waals surface area contributed by atoms with Crippen molar-refractivity contribution in [2.24, 2.45) is 0 Å². The third-order valence-electron chi connectivity index (χ3n) is 7.77. The van der Waals surface area contributed by atoms with Crippen molar-refractivity contribution in [3.63, 3.8) is 0 Å². The minimum Gasteiger partial charge on any atom is -0.493 e. The van der Waals surface area contributed by atoms with Crippen molar-refractivity contribution in [3.05, 3.63) is 142 Å². The lowest BCUT2D eigenvalue weighted by atomic mass is 10.0. The van der Waals surface area contributed by atoms with Crippen LogP contribution in [0.2, 0.25) is 0 Å². The van der Waals surface area contributed by atoms with Gasteiger partial charge in [0.1, 0.15) is 5.75 Å². The Morgan fingerprint density at radius 3 is 2.36 bits per heavy atom. The lowest BCUT2D eigenvalue weighted by Gasteiger charge is -2.24. The summed E-state index contributed by atoms with van der Waals surface area (Å²) in [6.07, 6.45) is 1.63. The van der Waals surface area contributed by atoms with E-state index in [1.807, 2.05) is 60.7 Å². The molecule has 0 aliphatic rings. The molecule has 1 heterocycles. The first-order valence-corrected chi connectivity index (χ1v) is 18.4. The molecular weight excluding hydrogens is 696 g/mol. The molecule has 7 nitrogen and oxygen atoms in total. The number of anilines is 1. The van der Waals surface area contributed by atoms with Crippen LogP contribution < -0.4 is 14.4 Å². The Morgan fingerprint density at radius 2 is 1.55 bits per heavy atom. The van der Waals surface area contributed by atoms with E-state index >= 15 is 0 Å². The van der Waals surface area contributed by atoms with Crippen LogP contribution in [-0.4, -0.2) is 39.5 Å². The molecule has 0 radical (unpaired) electrons. The van der Waals surface area contributed by atoms with E-state index in [4.69, 9.17) is 4.74 Å². The molecule has 0 fully saturated rings. The molecule has 0 aliphatic heterocycles. The van der Waals surface area contributed by atoms with Gasteiger partial charge in [-0.3, -0.25) is 13.9 Å². The average molecular weight is 728 g/mol. The molecular formula is C37H31BrN2O5S2. The van der Waals surface area contributed by atoms with E-state index in [9.17, 15) is 18.0 Å². The van der Waals surface area contributed by atoms with Crippen molar-refractivity contribution in [2.75, 3.05) is 23.7 Å². The van der Waals surface area contributed by atoms with Gasteiger partial charge in [0.2, 0.25) is 10.0 Å². The van der Waals surface area contributed by atoms with Crippen LogP contribution in [0.5, 0.6) is 5.75 Å². The van der Waals surface area contributed by atoms with Crippen LogP contribution in [0.4, 0.5) is 5.69 Å². The number of thiophene rings is 1. The number of rotatable bonds is 12. The fourth-order valence-corrected chi connectivity index (χ4v) is 8.00. The molecule has 0 aliphatic carbocycles. The molecule has 47 heavy (non-hydrogen) atoms. The molecule has 6 aromatic rings. The molecule has 10 heteroatoms. The highest BCUT2D eigenvalue weighted by atomic mass is 79.9. The zero-order valence-corrected chi connectivity index (χ0v) is 28.7. The Bertz CT molecular complexity index is 2200. The number of hydrogen-bond donors (Lipinski definition) is 1. The van der Waals surface area contributed by atoms with Crippen LogP contribution >= 0.6 is 27.3 Å². The largest absolute Gasteiger partial charge is 0.493 e. The quantitative estimate of drug-likeness (QED) is 0.129. The van der Waals surface area contributed by atoms with E-state index in [2.05, 4.69) is 45.5 Å². The highest BCUT2D eigenvalue weighted by Crippen LogP contribution is 2.36. The number of benzene rings is 5. The standard InChI is InChI=1S/C37H31BrN2O5S2/c1-47(43,44)40(24-25-9-3-2-4-10-25)33-21-27(15-18-32(33)38)34(41)23-39-37(42)29-12-6-5-11-26(29)19-20-45-28-16-17-31-30-13-7-8-14-35(30)46-36(31)22-28/h2-18,21-22H,19-20,23-24H2,1H3,(H,39,42). The summed E-state index contributed by atoms with van der Waals surface area (Å²) in [5.41, 5.74) is 2.69. The van der Waals surface area contributed by atoms with Crippen molar-refractivity contribution in [3.8, 4) is 5.75 Å². The van der Waals surface area contributed by atoms with Crippen LogP contribution in [0, 0.1) is 0 Å². The molecule has 0 spiro atoms. The first kappa shape index (κ1) is 32.4. The molecule has 6 rings (SSSR count). The van der Waals surface area contributed by atoms with Gasteiger partial charge < -0.3 is 10.1 Å². The van der Waals surface area contributed by atoms with Crippen molar-refractivity contribution in [1.29, 1.82) is 0 Å². The Kier molecular flexibility index (Phi) is 9.72. The Morgan fingerprint density at radius 1 is 0.830 bits per heavy atom. The predicted molar refractivity (Wildman–Crippen MR) is 193 cm³/mol. The van der Waals surface area contributed by atoms with Crippen LogP contribution in [-0.2, 0) is 23.0 Å². The zero-order valence-electron chi connectivity index (χ0n) is 25.5. The number of carbonyl (C=O) groups excluding carboxylic acids is 2. The van der Waals surface area contributed by atoms with Crippen molar-refractivity contribution >= 4 is 74.8 Å². The summed E-state index contributed by atoms with van der Waals surface area (Å²) in [5, 5.41) is 5.18. The predicted octanol–water partition coefficient (Wildman–Crippen LogP) is 8.02. The van der Waals surface area contributed by atoms with Crippen LogP contribution in [0.3, 0.4) is 0 Å². The van der Waals surface area contributed by atoms with Crippen molar-refractivity contribution in [1.82, 2.24) is 5.32 Å². The normalized spacial score (nSPS) is 11.4. The van der Waals surface area contributed by atoms with Gasteiger partial charge in [0.25, 0.3) is 5.91 Å². The summed E-state index contributed by atoms with van der Waals surface area (Å²) in [4.78, 5) is 26.5. The van der Waals surface area contributed by atoms with Gasteiger partial charge in [0.15, 0.2) is 5.78 Å². The molecule has 0 saturated carbocycles. The minimum absolute atomic E-state index is 0.104. The van der Waals surface area contributed by atoms with E-state index in [1.165, 1.54) is 25.8 Å². The van der Waals surface area contributed by atoms with Crippen LogP contribution in [0.25, 0.3) is 20.2 Å². The number of halogens is 1. The van der Waals surface area contributed by atoms with Crippen molar-refractivity contribution < 1.29 is 22.7 Å². The SMILES string of the molecule is CS(=O)(=O)N(Cc1ccccc1)c1cc(C(=O)CNC(=O)c2ccccc2CCOc2ccc3c(c2)sc2ccccc23)ccc1Br. The third kappa shape index (κ3) is 7.56. The number of nitrogens with zero attached hydrogens (tertiary/aromatic N) is 1. The van der Waals surface area contributed by atoms with E-state index in [1.54, 1.807) is 35.6 Å². The number of ketones is 1. The first-order chi connectivity index (χ1) is 22.7. The second-order valence-electron chi connectivity index (χ2n) is 11.0. The molecule has 0 bridgehead atoms. The summed E-state index contributed by atoms with van der Waals surface area (Å²) in [5.74, 6) is 0.0428. The van der Waals surface area contributed by atoms with Gasteiger partial charge >= 0.3 is 0 Å². The summed E-state index contributed by atoms with van der Waals surface area (Å²) in [7, 11) is -3.68. The summed E-state index contributed by atoms with van der Waals surface area (Å²) in [6, 6.07) is 35.7. The topological polar surface area (TPSA) is 92.8 Å². The monoisotopic (exact) mass is 726 g/mol. The second kappa shape index (κ2) is 14.1. The third-order valence-corrected chi connectivity index (χ3v) is 10.7. The average Bonchev–Trinajstić information content (AvgIpc) is 3.44. The van der Waals surface area contributed by atoms with Gasteiger partial charge in [0, 0.05) is 42.2 Å². The second-order valence-corrected chi connectivity index (χ2v) is 14.9. The summed E-state index contributed by atoms with van der Waals surface area (Å²) < 4.78 is 35.8. The van der Waals surface area contributed by atoms with Crippen LogP contribution in [0.1, 0.15) is 31.8 Å². The number of carbonyl (C=O) groups is 2. The van der Waals surface area contributed by atoms with E-state index < -0.39 is 10.0 Å². The Labute approximate surface area is 286 Å². The van der Waals surface area contributed by atoms with Gasteiger partial charge in [0.05, 0.1) is 31.6 Å². The summed E-state index contributed by atoms with van der Waals surface area (Å²) in [6.45, 7) is 0.228. The molecule has 238 valence electrons. The van der Waals surface area contributed by atoms with Gasteiger partial charge in [-0.15, -0.1) is 11.3 Å². The highest BCUT2D eigenvalue weighted by molar-refractivity contribution is 9.10. The number of nitrogens with one attached hydrogen (secondary N) is 1. The molecule has 1 N–H and O–H groups in total. The molecule has 1 aromatic heterocycles. The fraction of sp³-hybridized carbons (Fsp3) is 0.135. The lowest BCUT2D eigenvalue weighted by Crippen LogP contribution is -2.31. The van der Waals surface area contributed by atoms with Gasteiger partial charge in [-0.2, -0.15) is 0 Å². The van der Waals surface area contributed by atoms with E-state index in [0.717, 1.165) is 27.8 Å². The van der Waals surface area contributed by atoms with E-state index in [0.29, 0.717) is 28.8 Å². The fourth-order valence-electron chi connectivity index (χ4n) is 5.40. The maximum atomic E-state index is 13.2. The van der Waals surface area contributed by atoms with E-state index in [-0.39, 0.29) is 30.3 Å². The Hall–Kier alpha value is -4.51.